The molecular formula is C43H58Cl3N5O3S. The van der Waals surface area contributed by atoms with E-state index < -0.39 is 15.9 Å². The van der Waals surface area contributed by atoms with Gasteiger partial charge in [-0.05, 0) is 93.1 Å². The summed E-state index contributed by atoms with van der Waals surface area (Å²) in [5, 5.41) is 3.18. The first-order valence-electron chi connectivity index (χ1n) is 19.4. The number of amides is 1. The number of hydrogen-bond donors (Lipinski definition) is 1. The van der Waals surface area contributed by atoms with Gasteiger partial charge in [0.1, 0.15) is 10.6 Å². The molecule has 0 aromatic heterocycles. The highest BCUT2D eigenvalue weighted by Crippen LogP contribution is 2.39. The van der Waals surface area contributed by atoms with Crippen LogP contribution >= 0.6 is 34.8 Å². The molecular weight excluding hydrogens is 773 g/mol. The van der Waals surface area contributed by atoms with Crippen molar-refractivity contribution in [3.63, 3.8) is 0 Å². The van der Waals surface area contributed by atoms with Crippen molar-refractivity contribution in [2.75, 3.05) is 37.4 Å². The van der Waals surface area contributed by atoms with Crippen LogP contribution in [0.4, 0.5) is 22.7 Å². The Morgan fingerprint density at radius 3 is 1.87 bits per heavy atom. The number of carbonyl (C=O) groups is 1. The number of nitrogens with one attached hydrogen (secondary N) is 1. The highest BCUT2D eigenvalue weighted by Gasteiger charge is 2.29. The standard InChI is InChI=1S/C43H58Cl3N5O3S/c1-10-12-14-16-18-20-24-51(25-21-19-17-15-13-11-2)55(53,54)38-28-34(44)37(27-35(38)45)49-43(52)42(48-36-23-22-33(50(8)9)26-29(36)3)39-30(4)40(46)32(6)41(47-7)31(39)5/h22-23,26-28H,10-21,24-25H2,1-6,8-9H3,(H,49,52). The number of hydrogen-bond acceptors (Lipinski definition) is 5. The van der Waals surface area contributed by atoms with E-state index in [1.807, 2.05) is 44.1 Å². The molecule has 300 valence electrons. The van der Waals surface area contributed by atoms with Crippen molar-refractivity contribution in [3.05, 3.63) is 84.6 Å². The average molecular weight is 831 g/mol. The quantitative estimate of drug-likeness (QED) is 0.0658. The maximum atomic E-state index is 14.4. The highest BCUT2D eigenvalue weighted by atomic mass is 35.5. The van der Waals surface area contributed by atoms with Gasteiger partial charge in [0.05, 0.1) is 28.0 Å². The molecule has 0 saturated carbocycles. The van der Waals surface area contributed by atoms with E-state index in [4.69, 9.17) is 46.4 Å². The van der Waals surface area contributed by atoms with Crippen molar-refractivity contribution < 1.29 is 13.2 Å². The van der Waals surface area contributed by atoms with Gasteiger partial charge in [-0.3, -0.25) is 4.79 Å². The lowest BCUT2D eigenvalue weighted by Crippen LogP contribution is -2.33. The van der Waals surface area contributed by atoms with Crippen LogP contribution in [0.2, 0.25) is 15.1 Å². The number of rotatable bonds is 21. The molecule has 1 amide bonds. The van der Waals surface area contributed by atoms with Gasteiger partial charge in [-0.1, -0.05) is 113 Å². The summed E-state index contributed by atoms with van der Waals surface area (Å²) in [6.45, 7) is 20.3. The molecule has 0 fully saturated rings. The molecule has 8 nitrogen and oxygen atoms in total. The van der Waals surface area contributed by atoms with E-state index in [1.165, 1.54) is 25.0 Å². The van der Waals surface area contributed by atoms with Crippen molar-refractivity contribution in [3.8, 4) is 0 Å². The number of sulfonamides is 1. The van der Waals surface area contributed by atoms with Crippen molar-refractivity contribution in [1.29, 1.82) is 0 Å². The van der Waals surface area contributed by atoms with Gasteiger partial charge in [-0.2, -0.15) is 4.31 Å². The molecule has 3 aromatic carbocycles. The molecule has 12 heteroatoms. The summed E-state index contributed by atoms with van der Waals surface area (Å²) < 4.78 is 29.9. The van der Waals surface area contributed by atoms with E-state index >= 15 is 0 Å². The zero-order chi connectivity index (χ0) is 40.9. The molecule has 0 aliphatic carbocycles. The Morgan fingerprint density at radius 1 is 0.782 bits per heavy atom. The molecule has 0 aliphatic rings. The molecule has 0 spiro atoms. The van der Waals surface area contributed by atoms with E-state index in [9.17, 15) is 13.2 Å². The van der Waals surface area contributed by atoms with Gasteiger partial charge < -0.3 is 10.2 Å². The van der Waals surface area contributed by atoms with Gasteiger partial charge in [-0.15, -0.1) is 0 Å². The lowest BCUT2D eigenvalue weighted by molar-refractivity contribution is -0.110. The van der Waals surface area contributed by atoms with E-state index in [0.29, 0.717) is 51.7 Å². The predicted molar refractivity (Wildman–Crippen MR) is 234 cm³/mol. The molecule has 1 N–H and O–H groups in total. The van der Waals surface area contributed by atoms with E-state index in [0.717, 1.165) is 75.5 Å². The zero-order valence-corrected chi connectivity index (χ0v) is 36.9. The van der Waals surface area contributed by atoms with Crippen LogP contribution in [-0.4, -0.2) is 51.5 Å². The van der Waals surface area contributed by atoms with Crippen LogP contribution in [0.3, 0.4) is 0 Å². The minimum Gasteiger partial charge on any atom is -0.378 e. The van der Waals surface area contributed by atoms with Crippen LogP contribution in [0.5, 0.6) is 0 Å². The van der Waals surface area contributed by atoms with Crippen molar-refractivity contribution in [2.24, 2.45) is 4.99 Å². The number of halogens is 3. The van der Waals surface area contributed by atoms with Gasteiger partial charge in [0.2, 0.25) is 10.0 Å². The van der Waals surface area contributed by atoms with Gasteiger partial charge in [0.25, 0.3) is 5.91 Å². The third-order valence-electron chi connectivity index (χ3n) is 10.0. The third-order valence-corrected chi connectivity index (χ3v) is 13.3. The summed E-state index contributed by atoms with van der Waals surface area (Å²) in [4.78, 5) is 24.9. The summed E-state index contributed by atoms with van der Waals surface area (Å²) in [7, 11) is -0.118. The van der Waals surface area contributed by atoms with E-state index in [1.54, 1.807) is 25.1 Å². The number of unbranched alkanes of at least 4 members (excludes halogenated alkanes) is 10. The highest BCUT2D eigenvalue weighted by molar-refractivity contribution is 7.89. The summed E-state index contributed by atoms with van der Waals surface area (Å²) in [5.74, 6) is -0.625. The van der Waals surface area contributed by atoms with Crippen LogP contribution in [0.1, 0.15) is 119 Å². The second-order valence-corrected chi connectivity index (χ2v) is 17.6. The molecule has 55 heavy (non-hydrogen) atoms. The summed E-state index contributed by atoms with van der Waals surface area (Å²) in [5.41, 5.74) is 5.05. The maximum Gasteiger partial charge on any atom is 0.274 e. The Bertz CT molecular complexity index is 1970. The average Bonchev–Trinajstić information content (AvgIpc) is 3.14. The Kier molecular flexibility index (Phi) is 18.5. The number of carbonyl (C=O) groups excluding carboxylic acids is 1. The fourth-order valence-electron chi connectivity index (χ4n) is 6.71. The number of nitrogens with zero attached hydrogens (tertiary/aromatic N) is 4. The normalized spacial score (nSPS) is 11.9. The second-order valence-electron chi connectivity index (χ2n) is 14.5. The zero-order valence-electron chi connectivity index (χ0n) is 33.8. The smallest absolute Gasteiger partial charge is 0.274 e. The molecule has 0 aliphatic heterocycles. The molecule has 0 bridgehead atoms. The lowest BCUT2D eigenvalue weighted by atomic mass is 9.93. The maximum absolute atomic E-state index is 14.4. The number of aryl methyl sites for hydroxylation is 1. The number of anilines is 2. The predicted octanol–water partition coefficient (Wildman–Crippen LogP) is 13.0. The second kappa shape index (κ2) is 22.0. The van der Waals surface area contributed by atoms with Gasteiger partial charge in [0, 0.05) is 43.5 Å². The largest absolute Gasteiger partial charge is 0.378 e. The Balaban J connectivity index is 2.04. The minimum atomic E-state index is -4.00. The van der Waals surface area contributed by atoms with Gasteiger partial charge >= 0.3 is 0 Å². The lowest BCUT2D eigenvalue weighted by Gasteiger charge is -2.23. The number of aliphatic imine (C=N–C) groups is 1. The first-order valence-corrected chi connectivity index (χ1v) is 22.0. The number of benzene rings is 3. The van der Waals surface area contributed by atoms with Gasteiger partial charge in [-0.25, -0.2) is 18.3 Å². The van der Waals surface area contributed by atoms with Crippen molar-refractivity contribution >= 4 is 79.2 Å². The fraction of sp³-hybridized carbons (Fsp3) is 0.512. The molecule has 3 rings (SSSR count). The van der Waals surface area contributed by atoms with E-state index in [2.05, 4.69) is 24.0 Å². The van der Waals surface area contributed by atoms with Crippen LogP contribution in [-0.2, 0) is 14.8 Å². The van der Waals surface area contributed by atoms with Gasteiger partial charge in [0.15, 0.2) is 5.69 Å². The fourth-order valence-corrected chi connectivity index (χ4v) is 9.22. The Labute approximate surface area is 345 Å². The van der Waals surface area contributed by atoms with Crippen LogP contribution in [0.25, 0.3) is 4.85 Å². The molecule has 0 heterocycles. The molecule has 0 unspecified atom stereocenters. The first kappa shape index (κ1) is 46.3. The molecule has 0 atom stereocenters. The van der Waals surface area contributed by atoms with Crippen LogP contribution < -0.4 is 10.2 Å². The molecule has 0 radical (unpaired) electrons. The minimum absolute atomic E-state index is 0.0125. The Morgan fingerprint density at radius 2 is 1.35 bits per heavy atom. The van der Waals surface area contributed by atoms with Crippen molar-refractivity contribution in [2.45, 2.75) is 123 Å². The molecule has 3 aromatic rings. The molecule has 0 saturated heterocycles. The summed E-state index contributed by atoms with van der Waals surface area (Å²) in [6, 6.07) is 8.41. The summed E-state index contributed by atoms with van der Waals surface area (Å²) in [6.07, 6.45) is 12.5. The van der Waals surface area contributed by atoms with E-state index in [-0.39, 0.29) is 26.3 Å². The summed E-state index contributed by atoms with van der Waals surface area (Å²) >= 11 is 20.3. The third kappa shape index (κ3) is 12.2. The van der Waals surface area contributed by atoms with Crippen LogP contribution in [0.15, 0.2) is 40.2 Å². The SMILES string of the molecule is [C-]#[N+]c1c(C)c(Cl)c(C)c(C(=Nc2ccc(N(C)C)cc2C)C(=O)Nc2cc(Cl)c(S(=O)(=O)N(CCCCCCCC)CCCCCCCC)cc2Cl)c1C. The topological polar surface area (TPSA) is 86.4 Å². The Hall–Kier alpha value is -3.13. The van der Waals surface area contributed by atoms with Crippen LogP contribution in [0, 0.1) is 34.3 Å². The first-order chi connectivity index (χ1) is 26.1. The monoisotopic (exact) mass is 829 g/mol. The van der Waals surface area contributed by atoms with Crippen molar-refractivity contribution in [1.82, 2.24) is 4.31 Å².